The van der Waals surface area contributed by atoms with Crippen molar-refractivity contribution in [3.05, 3.63) is 76.2 Å². The number of aromatic hydroxyl groups is 1. The highest BCUT2D eigenvalue weighted by atomic mass is 32.1. The Hall–Kier alpha value is -3.32. The summed E-state index contributed by atoms with van der Waals surface area (Å²) in [6.07, 6.45) is 0.617. The van der Waals surface area contributed by atoms with E-state index in [1.165, 1.54) is 24.5 Å². The van der Waals surface area contributed by atoms with Crippen LogP contribution in [-0.2, 0) is 6.42 Å². The standard InChI is InChI=1S/C20H18N2O4S/c1-26-16-9-5-8-14(17(16)23)19(25)22-20-15(18(21)24)11-13(27-20)10-12-6-3-2-4-7-12/h2-9,11,23H,10H2,1H3,(H2,21,24)(H,22,25). The first-order valence-electron chi connectivity index (χ1n) is 8.13. The normalized spacial score (nSPS) is 10.4. The van der Waals surface area contributed by atoms with Crippen LogP contribution >= 0.6 is 11.3 Å². The first-order chi connectivity index (χ1) is 13.0. The van der Waals surface area contributed by atoms with Crippen molar-refractivity contribution in [1.29, 1.82) is 0 Å². The van der Waals surface area contributed by atoms with Crippen LogP contribution in [0, 0.1) is 0 Å². The Labute approximate surface area is 160 Å². The number of benzene rings is 2. The molecule has 0 radical (unpaired) electrons. The summed E-state index contributed by atoms with van der Waals surface area (Å²) in [7, 11) is 1.40. The Bertz CT molecular complexity index is 983. The van der Waals surface area contributed by atoms with Gasteiger partial charge in [-0.25, -0.2) is 0 Å². The number of nitrogens with one attached hydrogen (secondary N) is 1. The number of primary amides is 1. The molecule has 27 heavy (non-hydrogen) atoms. The second kappa shape index (κ2) is 7.92. The third-order valence-corrected chi connectivity index (χ3v) is 5.01. The molecule has 138 valence electrons. The highest BCUT2D eigenvalue weighted by Gasteiger charge is 2.20. The van der Waals surface area contributed by atoms with Crippen LogP contribution in [0.15, 0.2) is 54.6 Å². The number of rotatable bonds is 6. The second-order valence-electron chi connectivity index (χ2n) is 5.79. The average Bonchev–Trinajstić information content (AvgIpc) is 3.05. The Morgan fingerprint density at radius 3 is 2.52 bits per heavy atom. The molecule has 4 N–H and O–H groups in total. The minimum atomic E-state index is -0.629. The summed E-state index contributed by atoms with van der Waals surface area (Å²) in [5, 5.41) is 13.2. The number of amides is 2. The summed E-state index contributed by atoms with van der Waals surface area (Å²) in [6.45, 7) is 0. The monoisotopic (exact) mass is 382 g/mol. The predicted molar refractivity (Wildman–Crippen MR) is 105 cm³/mol. The number of hydrogen-bond donors (Lipinski definition) is 3. The summed E-state index contributed by atoms with van der Waals surface area (Å²) in [5.41, 5.74) is 6.82. The first kappa shape index (κ1) is 18.5. The molecule has 0 bridgehead atoms. The number of thiophene rings is 1. The number of phenolic OH excluding ortho intramolecular Hbond substituents is 1. The molecule has 1 heterocycles. The number of ether oxygens (including phenoxy) is 1. The Morgan fingerprint density at radius 2 is 1.85 bits per heavy atom. The van der Waals surface area contributed by atoms with E-state index in [1.54, 1.807) is 18.2 Å². The third kappa shape index (κ3) is 4.09. The summed E-state index contributed by atoms with van der Waals surface area (Å²) < 4.78 is 5.02. The molecule has 0 saturated heterocycles. The summed E-state index contributed by atoms with van der Waals surface area (Å²) in [5.74, 6) is -1.26. The number of carbonyl (C=O) groups is 2. The minimum absolute atomic E-state index is 0.0442. The van der Waals surface area contributed by atoms with Crippen LogP contribution in [0.1, 0.15) is 31.2 Å². The van der Waals surface area contributed by atoms with Crippen LogP contribution in [0.5, 0.6) is 11.5 Å². The predicted octanol–water partition coefficient (Wildman–Crippen LogP) is 3.40. The molecule has 0 aliphatic heterocycles. The van der Waals surface area contributed by atoms with Gasteiger partial charge in [-0.3, -0.25) is 9.59 Å². The van der Waals surface area contributed by atoms with E-state index in [4.69, 9.17) is 10.5 Å². The molecule has 0 aliphatic carbocycles. The van der Waals surface area contributed by atoms with E-state index in [1.807, 2.05) is 30.3 Å². The molecule has 0 saturated carbocycles. The van der Waals surface area contributed by atoms with Crippen molar-refractivity contribution in [3.63, 3.8) is 0 Å². The molecular weight excluding hydrogens is 364 g/mol. The maximum atomic E-state index is 12.6. The average molecular weight is 382 g/mol. The number of phenols is 1. The van der Waals surface area contributed by atoms with Crippen LogP contribution in [0.3, 0.4) is 0 Å². The molecule has 2 amide bonds. The zero-order chi connectivity index (χ0) is 19.4. The molecule has 1 aromatic heterocycles. The lowest BCUT2D eigenvalue weighted by molar-refractivity contribution is 0.100. The SMILES string of the molecule is COc1cccc(C(=O)Nc2sc(Cc3ccccc3)cc2C(N)=O)c1O. The number of hydrogen-bond acceptors (Lipinski definition) is 5. The summed E-state index contributed by atoms with van der Waals surface area (Å²) >= 11 is 1.28. The lowest BCUT2D eigenvalue weighted by atomic mass is 10.1. The molecule has 2 aromatic carbocycles. The van der Waals surface area contributed by atoms with Gasteiger partial charge in [0.1, 0.15) is 5.00 Å². The number of methoxy groups -OCH3 is 1. The van der Waals surface area contributed by atoms with Crippen molar-refractivity contribution in [3.8, 4) is 11.5 Å². The van der Waals surface area contributed by atoms with Gasteiger partial charge in [-0.05, 0) is 23.8 Å². The van der Waals surface area contributed by atoms with E-state index in [9.17, 15) is 14.7 Å². The van der Waals surface area contributed by atoms with Crippen LogP contribution < -0.4 is 15.8 Å². The number of carbonyl (C=O) groups excluding carboxylic acids is 2. The largest absolute Gasteiger partial charge is 0.504 e. The molecule has 7 heteroatoms. The van der Waals surface area contributed by atoms with Gasteiger partial charge in [-0.15, -0.1) is 11.3 Å². The van der Waals surface area contributed by atoms with Crippen molar-refractivity contribution in [2.75, 3.05) is 12.4 Å². The second-order valence-corrected chi connectivity index (χ2v) is 6.93. The quantitative estimate of drug-likeness (QED) is 0.608. The fourth-order valence-electron chi connectivity index (χ4n) is 2.64. The summed E-state index contributed by atoms with van der Waals surface area (Å²) in [4.78, 5) is 25.2. The Kier molecular flexibility index (Phi) is 5.42. The molecule has 0 spiro atoms. The van der Waals surface area contributed by atoms with Gasteiger partial charge >= 0.3 is 0 Å². The zero-order valence-corrected chi connectivity index (χ0v) is 15.4. The van der Waals surface area contributed by atoms with E-state index >= 15 is 0 Å². The van der Waals surface area contributed by atoms with E-state index in [0.29, 0.717) is 11.4 Å². The van der Waals surface area contributed by atoms with E-state index in [2.05, 4.69) is 5.32 Å². The number of anilines is 1. The summed E-state index contributed by atoms with van der Waals surface area (Å²) in [6, 6.07) is 16.1. The van der Waals surface area contributed by atoms with Crippen LogP contribution in [0.2, 0.25) is 0 Å². The first-order valence-corrected chi connectivity index (χ1v) is 8.95. The van der Waals surface area contributed by atoms with Gasteiger partial charge in [-0.2, -0.15) is 0 Å². The van der Waals surface area contributed by atoms with E-state index in [-0.39, 0.29) is 22.6 Å². The molecule has 0 fully saturated rings. The molecular formula is C20H18N2O4S. The minimum Gasteiger partial charge on any atom is -0.504 e. The molecule has 3 rings (SSSR count). The van der Waals surface area contributed by atoms with Gasteiger partial charge in [0.2, 0.25) is 0 Å². The Balaban J connectivity index is 1.87. The maximum Gasteiger partial charge on any atom is 0.260 e. The maximum absolute atomic E-state index is 12.6. The molecule has 0 atom stereocenters. The lowest BCUT2D eigenvalue weighted by Gasteiger charge is -2.09. The van der Waals surface area contributed by atoms with Gasteiger partial charge in [0.15, 0.2) is 11.5 Å². The van der Waals surface area contributed by atoms with E-state index < -0.39 is 11.8 Å². The third-order valence-electron chi connectivity index (χ3n) is 3.96. The zero-order valence-electron chi connectivity index (χ0n) is 14.6. The lowest BCUT2D eigenvalue weighted by Crippen LogP contribution is -2.16. The van der Waals surface area contributed by atoms with Gasteiger partial charge < -0.3 is 20.9 Å². The number of nitrogens with two attached hydrogens (primary N) is 1. The Morgan fingerprint density at radius 1 is 1.11 bits per heavy atom. The van der Waals surface area contributed by atoms with Crippen molar-refractivity contribution in [2.45, 2.75) is 6.42 Å². The fraction of sp³-hybridized carbons (Fsp3) is 0.100. The van der Waals surface area contributed by atoms with Crippen molar-refractivity contribution >= 4 is 28.2 Å². The van der Waals surface area contributed by atoms with Crippen LogP contribution in [0.25, 0.3) is 0 Å². The highest BCUT2D eigenvalue weighted by Crippen LogP contribution is 2.33. The smallest absolute Gasteiger partial charge is 0.260 e. The van der Waals surface area contributed by atoms with Gasteiger partial charge in [0, 0.05) is 11.3 Å². The number of para-hydroxylation sites is 1. The topological polar surface area (TPSA) is 102 Å². The highest BCUT2D eigenvalue weighted by molar-refractivity contribution is 7.16. The molecule has 3 aromatic rings. The van der Waals surface area contributed by atoms with Gasteiger partial charge in [0.05, 0.1) is 18.2 Å². The van der Waals surface area contributed by atoms with Crippen LogP contribution in [0.4, 0.5) is 5.00 Å². The fourth-order valence-corrected chi connectivity index (χ4v) is 3.73. The van der Waals surface area contributed by atoms with Gasteiger partial charge in [-0.1, -0.05) is 36.4 Å². The van der Waals surface area contributed by atoms with E-state index in [0.717, 1.165) is 10.4 Å². The van der Waals surface area contributed by atoms with Gasteiger partial charge in [0.25, 0.3) is 11.8 Å². The molecule has 6 nitrogen and oxygen atoms in total. The van der Waals surface area contributed by atoms with Crippen molar-refractivity contribution in [1.82, 2.24) is 0 Å². The van der Waals surface area contributed by atoms with Crippen molar-refractivity contribution < 1.29 is 19.4 Å². The molecule has 0 aliphatic rings. The van der Waals surface area contributed by atoms with Crippen molar-refractivity contribution in [2.24, 2.45) is 5.73 Å². The molecule has 0 unspecified atom stereocenters. The van der Waals surface area contributed by atoms with Crippen LogP contribution in [-0.4, -0.2) is 24.0 Å².